The summed E-state index contributed by atoms with van der Waals surface area (Å²) in [4.78, 5) is 0. The van der Waals surface area contributed by atoms with Gasteiger partial charge < -0.3 is 20.5 Å². The standard InChI is InChI=1S/C12H15F3N2O2/c13-8-4-9(16)10(5-11(8)19-12(14)15)17-6-7-2-1-3-18-7/h4-5,7,12,17H,1-3,6,16H2. The summed E-state index contributed by atoms with van der Waals surface area (Å²) >= 11 is 0. The van der Waals surface area contributed by atoms with Gasteiger partial charge in [0.25, 0.3) is 0 Å². The Hall–Kier alpha value is -1.63. The smallest absolute Gasteiger partial charge is 0.387 e. The molecule has 1 atom stereocenters. The van der Waals surface area contributed by atoms with Gasteiger partial charge in [0.2, 0.25) is 0 Å². The predicted molar refractivity (Wildman–Crippen MR) is 64.9 cm³/mol. The minimum Gasteiger partial charge on any atom is -0.432 e. The first-order chi connectivity index (χ1) is 9.06. The van der Waals surface area contributed by atoms with E-state index in [-0.39, 0.29) is 11.8 Å². The monoisotopic (exact) mass is 276 g/mol. The van der Waals surface area contributed by atoms with Gasteiger partial charge in [-0.2, -0.15) is 8.78 Å². The molecule has 2 rings (SSSR count). The lowest BCUT2D eigenvalue weighted by Crippen LogP contribution is -2.19. The highest BCUT2D eigenvalue weighted by atomic mass is 19.3. The van der Waals surface area contributed by atoms with Crippen molar-refractivity contribution in [1.82, 2.24) is 0 Å². The third-order valence-corrected chi connectivity index (χ3v) is 2.86. The Morgan fingerprint density at radius 2 is 2.26 bits per heavy atom. The Morgan fingerprint density at radius 3 is 2.89 bits per heavy atom. The second-order valence-corrected chi connectivity index (χ2v) is 4.26. The van der Waals surface area contributed by atoms with Crippen LogP contribution >= 0.6 is 0 Å². The van der Waals surface area contributed by atoms with E-state index in [9.17, 15) is 13.2 Å². The molecule has 4 nitrogen and oxygen atoms in total. The van der Waals surface area contributed by atoms with E-state index in [0.717, 1.165) is 25.0 Å². The molecule has 106 valence electrons. The van der Waals surface area contributed by atoms with Crippen molar-refractivity contribution in [1.29, 1.82) is 0 Å². The normalized spacial score (nSPS) is 18.8. The SMILES string of the molecule is Nc1cc(F)c(OC(F)F)cc1NCC1CCCO1. The van der Waals surface area contributed by atoms with Crippen LogP contribution in [0.1, 0.15) is 12.8 Å². The number of nitrogens with two attached hydrogens (primary N) is 1. The molecule has 19 heavy (non-hydrogen) atoms. The number of benzene rings is 1. The Bertz CT molecular complexity index is 437. The zero-order chi connectivity index (χ0) is 13.8. The van der Waals surface area contributed by atoms with Crippen molar-refractivity contribution >= 4 is 11.4 Å². The summed E-state index contributed by atoms with van der Waals surface area (Å²) in [6.07, 6.45) is 1.98. The zero-order valence-electron chi connectivity index (χ0n) is 10.2. The van der Waals surface area contributed by atoms with Crippen LogP contribution in [-0.2, 0) is 4.74 Å². The molecule has 0 radical (unpaired) electrons. The van der Waals surface area contributed by atoms with Gasteiger partial charge in [0.1, 0.15) is 0 Å². The number of halogens is 3. The summed E-state index contributed by atoms with van der Waals surface area (Å²) in [6, 6.07) is 2.08. The first-order valence-corrected chi connectivity index (χ1v) is 5.95. The number of nitrogen functional groups attached to an aromatic ring is 1. The molecular weight excluding hydrogens is 261 g/mol. The molecule has 7 heteroatoms. The number of alkyl halides is 2. The molecule has 0 saturated carbocycles. The summed E-state index contributed by atoms with van der Waals surface area (Å²) in [5.41, 5.74) is 6.11. The van der Waals surface area contributed by atoms with Crippen LogP contribution in [-0.4, -0.2) is 25.9 Å². The highest BCUT2D eigenvalue weighted by Gasteiger charge is 2.17. The first kappa shape index (κ1) is 13.8. The second-order valence-electron chi connectivity index (χ2n) is 4.26. The Morgan fingerprint density at radius 1 is 1.47 bits per heavy atom. The van der Waals surface area contributed by atoms with Crippen LogP contribution in [0.5, 0.6) is 5.75 Å². The average molecular weight is 276 g/mol. The van der Waals surface area contributed by atoms with Gasteiger partial charge in [-0.15, -0.1) is 0 Å². The van der Waals surface area contributed by atoms with Gasteiger partial charge in [0.05, 0.1) is 17.5 Å². The van der Waals surface area contributed by atoms with Crippen LogP contribution < -0.4 is 15.8 Å². The third-order valence-electron chi connectivity index (χ3n) is 2.86. The van der Waals surface area contributed by atoms with E-state index in [1.807, 2.05) is 0 Å². The van der Waals surface area contributed by atoms with Crippen LogP contribution in [0.2, 0.25) is 0 Å². The van der Waals surface area contributed by atoms with Gasteiger partial charge in [-0.05, 0) is 12.8 Å². The van der Waals surface area contributed by atoms with Crippen LogP contribution in [0.4, 0.5) is 24.5 Å². The molecule has 1 fully saturated rings. The van der Waals surface area contributed by atoms with Crippen LogP contribution in [0.25, 0.3) is 0 Å². The van der Waals surface area contributed by atoms with Gasteiger partial charge in [0.15, 0.2) is 11.6 Å². The van der Waals surface area contributed by atoms with Crippen molar-refractivity contribution in [2.24, 2.45) is 0 Å². The molecule has 0 aromatic heterocycles. The van der Waals surface area contributed by atoms with Crippen LogP contribution in [0.15, 0.2) is 12.1 Å². The fourth-order valence-electron chi connectivity index (χ4n) is 1.94. The van der Waals surface area contributed by atoms with E-state index < -0.39 is 18.2 Å². The molecule has 1 aliphatic rings. The Labute approximate surface area is 108 Å². The quantitative estimate of drug-likeness (QED) is 0.812. The lowest BCUT2D eigenvalue weighted by Gasteiger charge is -2.15. The fraction of sp³-hybridized carbons (Fsp3) is 0.500. The summed E-state index contributed by atoms with van der Waals surface area (Å²) in [5, 5.41) is 2.95. The Balaban J connectivity index is 2.05. The second kappa shape index (κ2) is 6.01. The molecule has 1 saturated heterocycles. The number of anilines is 2. The molecule has 1 heterocycles. The lowest BCUT2D eigenvalue weighted by molar-refractivity contribution is -0.0521. The first-order valence-electron chi connectivity index (χ1n) is 5.95. The largest absolute Gasteiger partial charge is 0.432 e. The van der Waals surface area contributed by atoms with Crippen molar-refractivity contribution in [3.05, 3.63) is 17.9 Å². The molecule has 3 N–H and O–H groups in total. The zero-order valence-corrected chi connectivity index (χ0v) is 10.2. The molecule has 0 aliphatic carbocycles. The third kappa shape index (κ3) is 3.66. The molecule has 1 unspecified atom stereocenters. The lowest BCUT2D eigenvalue weighted by atomic mass is 10.2. The van der Waals surface area contributed by atoms with Gasteiger partial charge in [-0.1, -0.05) is 0 Å². The average Bonchev–Trinajstić information content (AvgIpc) is 2.83. The molecule has 0 amide bonds. The molecule has 1 aliphatic heterocycles. The van der Waals surface area contributed by atoms with Crippen molar-refractivity contribution in [3.63, 3.8) is 0 Å². The highest BCUT2D eigenvalue weighted by Crippen LogP contribution is 2.29. The molecule has 1 aromatic rings. The van der Waals surface area contributed by atoms with Crippen molar-refractivity contribution in [2.75, 3.05) is 24.2 Å². The van der Waals surface area contributed by atoms with Gasteiger partial charge in [0, 0.05) is 25.3 Å². The molecule has 0 spiro atoms. The summed E-state index contributed by atoms with van der Waals surface area (Å²) < 4.78 is 47.0. The number of hydrogen-bond donors (Lipinski definition) is 2. The predicted octanol–water partition coefficient (Wildman–Crippen LogP) is 2.60. The van der Waals surface area contributed by atoms with E-state index in [2.05, 4.69) is 10.1 Å². The number of hydrogen-bond acceptors (Lipinski definition) is 4. The van der Waals surface area contributed by atoms with Crippen LogP contribution in [0.3, 0.4) is 0 Å². The topological polar surface area (TPSA) is 56.5 Å². The van der Waals surface area contributed by atoms with E-state index in [1.54, 1.807) is 0 Å². The van der Waals surface area contributed by atoms with Gasteiger partial charge in [-0.25, -0.2) is 4.39 Å². The maximum atomic E-state index is 13.3. The maximum absolute atomic E-state index is 13.3. The van der Waals surface area contributed by atoms with E-state index in [1.165, 1.54) is 0 Å². The summed E-state index contributed by atoms with van der Waals surface area (Å²) in [6.45, 7) is -1.88. The fourth-order valence-corrected chi connectivity index (χ4v) is 1.94. The maximum Gasteiger partial charge on any atom is 0.387 e. The van der Waals surface area contributed by atoms with E-state index in [0.29, 0.717) is 18.8 Å². The summed E-state index contributed by atoms with van der Waals surface area (Å²) in [7, 11) is 0. The van der Waals surface area contributed by atoms with E-state index >= 15 is 0 Å². The number of ether oxygens (including phenoxy) is 2. The van der Waals surface area contributed by atoms with E-state index in [4.69, 9.17) is 10.5 Å². The van der Waals surface area contributed by atoms with Crippen molar-refractivity contribution in [3.8, 4) is 5.75 Å². The number of rotatable bonds is 5. The minimum absolute atomic E-state index is 0.0592. The summed E-state index contributed by atoms with van der Waals surface area (Å²) in [5.74, 6) is -1.44. The van der Waals surface area contributed by atoms with Crippen LogP contribution in [0, 0.1) is 5.82 Å². The highest BCUT2D eigenvalue weighted by molar-refractivity contribution is 5.68. The number of nitrogens with one attached hydrogen (secondary N) is 1. The molecular formula is C12H15F3N2O2. The molecule has 1 aromatic carbocycles. The minimum atomic E-state index is -3.08. The molecule has 0 bridgehead atoms. The van der Waals surface area contributed by atoms with Crippen molar-refractivity contribution < 1.29 is 22.6 Å². The van der Waals surface area contributed by atoms with Gasteiger partial charge >= 0.3 is 6.61 Å². The van der Waals surface area contributed by atoms with Crippen molar-refractivity contribution in [2.45, 2.75) is 25.6 Å². The Kier molecular flexibility index (Phi) is 4.36. The van der Waals surface area contributed by atoms with Gasteiger partial charge in [-0.3, -0.25) is 0 Å².